The molecule has 0 saturated heterocycles. The van der Waals surface area contributed by atoms with Crippen LogP contribution in [0.2, 0.25) is 0 Å². The van der Waals surface area contributed by atoms with Crippen molar-refractivity contribution < 1.29 is 13.6 Å². The molecule has 0 bridgehead atoms. The average molecular weight is 522 g/mol. The number of halogens is 2. The SMILES string of the molecule is CCN(CC(=O)N(Cc1ccc(C2CCCCC2)cn1)c1cccnc1)Sc1cc(F)c(F)c(C#N)c1. The highest BCUT2D eigenvalue weighted by Crippen LogP contribution is 2.32. The van der Waals surface area contributed by atoms with Crippen LogP contribution in [0.25, 0.3) is 0 Å². The highest BCUT2D eigenvalue weighted by Gasteiger charge is 2.22. The zero-order valence-electron chi connectivity index (χ0n) is 20.7. The molecule has 4 rings (SSSR count). The monoisotopic (exact) mass is 521 g/mol. The molecule has 1 aliphatic rings. The number of pyridine rings is 2. The fourth-order valence-corrected chi connectivity index (χ4v) is 5.43. The summed E-state index contributed by atoms with van der Waals surface area (Å²) in [6.07, 6.45) is 11.4. The maximum absolute atomic E-state index is 13.9. The van der Waals surface area contributed by atoms with E-state index in [9.17, 15) is 13.6 Å². The second kappa shape index (κ2) is 12.7. The molecule has 6 nitrogen and oxygen atoms in total. The average Bonchev–Trinajstić information content (AvgIpc) is 2.94. The first-order chi connectivity index (χ1) is 18.0. The summed E-state index contributed by atoms with van der Waals surface area (Å²) in [5.41, 5.74) is 2.29. The van der Waals surface area contributed by atoms with E-state index in [0.29, 0.717) is 23.0 Å². The largest absolute Gasteiger partial charge is 0.304 e. The first-order valence-corrected chi connectivity index (χ1v) is 13.2. The number of aromatic nitrogens is 2. The van der Waals surface area contributed by atoms with E-state index >= 15 is 0 Å². The number of hydrogen-bond donors (Lipinski definition) is 0. The summed E-state index contributed by atoms with van der Waals surface area (Å²) in [6, 6.07) is 11.7. The summed E-state index contributed by atoms with van der Waals surface area (Å²) in [5.74, 6) is -1.90. The molecule has 0 unspecified atom stereocenters. The van der Waals surface area contributed by atoms with Crippen LogP contribution in [0.4, 0.5) is 14.5 Å². The number of amides is 1. The molecule has 192 valence electrons. The Hall–Kier alpha value is -3.35. The number of nitriles is 1. The molecule has 2 aromatic heterocycles. The van der Waals surface area contributed by atoms with Crippen LogP contribution in [0.1, 0.15) is 61.8 Å². The molecule has 3 aromatic rings. The third-order valence-electron chi connectivity index (χ3n) is 6.52. The number of carbonyl (C=O) groups excluding carboxylic acids is 1. The van der Waals surface area contributed by atoms with Crippen molar-refractivity contribution in [3.05, 3.63) is 83.4 Å². The summed E-state index contributed by atoms with van der Waals surface area (Å²) in [4.78, 5) is 24.3. The Kier molecular flexibility index (Phi) is 9.20. The lowest BCUT2D eigenvalue weighted by atomic mass is 9.85. The highest BCUT2D eigenvalue weighted by atomic mass is 32.2. The Balaban J connectivity index is 1.49. The fourth-order valence-electron chi connectivity index (χ4n) is 4.50. The van der Waals surface area contributed by atoms with Gasteiger partial charge in [0, 0.05) is 23.8 Å². The van der Waals surface area contributed by atoms with Gasteiger partial charge in [-0.2, -0.15) is 5.26 Å². The van der Waals surface area contributed by atoms with Gasteiger partial charge in [-0.1, -0.05) is 32.3 Å². The molecule has 1 fully saturated rings. The summed E-state index contributed by atoms with van der Waals surface area (Å²) >= 11 is 1.10. The molecule has 1 saturated carbocycles. The lowest BCUT2D eigenvalue weighted by Crippen LogP contribution is -2.38. The normalized spacial score (nSPS) is 13.9. The van der Waals surface area contributed by atoms with Crippen molar-refractivity contribution in [3.8, 4) is 6.07 Å². The third-order valence-corrected chi connectivity index (χ3v) is 7.62. The summed E-state index contributed by atoms with van der Waals surface area (Å²) in [7, 11) is 0. The minimum atomic E-state index is -1.17. The zero-order valence-corrected chi connectivity index (χ0v) is 21.6. The van der Waals surface area contributed by atoms with Crippen molar-refractivity contribution in [2.24, 2.45) is 0 Å². The van der Waals surface area contributed by atoms with Gasteiger partial charge in [0.2, 0.25) is 5.91 Å². The standard InChI is InChI=1S/C28H29F2N5OS/c1-2-34(37-25-13-22(15-31)28(30)26(29)14-25)19-27(36)35(24-9-6-12-32-17-24)18-23-11-10-21(16-33-23)20-7-4-3-5-8-20/h6,9-14,16-17,20H,2-5,7-8,18-19H2,1H3. The molecular formula is C28H29F2N5OS. The molecule has 1 aliphatic carbocycles. The van der Waals surface area contributed by atoms with Crippen molar-refractivity contribution in [1.29, 1.82) is 5.26 Å². The van der Waals surface area contributed by atoms with Gasteiger partial charge in [-0.15, -0.1) is 0 Å². The lowest BCUT2D eigenvalue weighted by Gasteiger charge is -2.26. The fraction of sp³-hybridized carbons (Fsp3) is 0.357. The van der Waals surface area contributed by atoms with Crippen LogP contribution in [0.15, 0.2) is 59.9 Å². The van der Waals surface area contributed by atoms with Crippen LogP contribution in [-0.2, 0) is 11.3 Å². The quantitative estimate of drug-likeness (QED) is 0.311. The van der Waals surface area contributed by atoms with Crippen LogP contribution in [0.3, 0.4) is 0 Å². The van der Waals surface area contributed by atoms with E-state index in [4.69, 9.17) is 5.26 Å². The smallest absolute Gasteiger partial charge is 0.242 e. The molecule has 37 heavy (non-hydrogen) atoms. The minimum absolute atomic E-state index is 0.0110. The van der Waals surface area contributed by atoms with Gasteiger partial charge in [0.05, 0.1) is 36.2 Å². The Morgan fingerprint density at radius 1 is 1.16 bits per heavy atom. The zero-order chi connectivity index (χ0) is 26.2. The molecule has 0 atom stereocenters. The van der Waals surface area contributed by atoms with E-state index in [1.54, 1.807) is 33.7 Å². The molecule has 1 amide bonds. The van der Waals surface area contributed by atoms with Crippen LogP contribution in [0, 0.1) is 23.0 Å². The lowest BCUT2D eigenvalue weighted by molar-refractivity contribution is -0.118. The second-order valence-corrected chi connectivity index (χ2v) is 10.2. The first-order valence-electron chi connectivity index (χ1n) is 12.5. The van der Waals surface area contributed by atoms with E-state index in [-0.39, 0.29) is 24.6 Å². The minimum Gasteiger partial charge on any atom is -0.304 e. The van der Waals surface area contributed by atoms with Crippen molar-refractivity contribution in [3.63, 3.8) is 0 Å². The molecule has 0 spiro atoms. The molecule has 0 N–H and O–H groups in total. The van der Waals surface area contributed by atoms with Gasteiger partial charge in [-0.3, -0.25) is 14.8 Å². The van der Waals surface area contributed by atoms with E-state index in [1.807, 2.05) is 25.3 Å². The molecular weight excluding hydrogens is 492 g/mol. The predicted octanol–water partition coefficient (Wildman–Crippen LogP) is 6.24. The predicted molar refractivity (Wildman–Crippen MR) is 140 cm³/mol. The number of rotatable bonds is 9. The van der Waals surface area contributed by atoms with Crippen LogP contribution >= 0.6 is 11.9 Å². The second-order valence-electron chi connectivity index (χ2n) is 9.03. The Morgan fingerprint density at radius 3 is 2.62 bits per heavy atom. The van der Waals surface area contributed by atoms with Crippen LogP contribution < -0.4 is 4.90 Å². The number of likely N-dealkylation sites (N-methyl/N-ethyl adjacent to an activating group) is 1. The molecule has 9 heteroatoms. The summed E-state index contributed by atoms with van der Waals surface area (Å²) < 4.78 is 29.4. The van der Waals surface area contributed by atoms with E-state index in [2.05, 4.69) is 16.0 Å². The number of carbonyl (C=O) groups is 1. The van der Waals surface area contributed by atoms with Gasteiger partial charge in [-0.25, -0.2) is 13.1 Å². The highest BCUT2D eigenvalue weighted by molar-refractivity contribution is 7.97. The number of benzene rings is 1. The van der Waals surface area contributed by atoms with Gasteiger partial charge in [0.1, 0.15) is 6.07 Å². The molecule has 2 heterocycles. The summed E-state index contributed by atoms with van der Waals surface area (Å²) in [6.45, 7) is 2.62. The summed E-state index contributed by atoms with van der Waals surface area (Å²) in [5, 5.41) is 9.08. The Bertz CT molecular complexity index is 1240. The molecule has 0 aliphatic heterocycles. The topological polar surface area (TPSA) is 73.1 Å². The maximum Gasteiger partial charge on any atom is 0.242 e. The van der Waals surface area contributed by atoms with Crippen LogP contribution in [0.5, 0.6) is 0 Å². The van der Waals surface area contributed by atoms with Gasteiger partial charge >= 0.3 is 0 Å². The van der Waals surface area contributed by atoms with Crippen molar-refractivity contribution in [2.75, 3.05) is 18.0 Å². The van der Waals surface area contributed by atoms with Gasteiger partial charge in [0.15, 0.2) is 11.6 Å². The van der Waals surface area contributed by atoms with Crippen molar-refractivity contribution in [2.45, 2.75) is 56.4 Å². The Morgan fingerprint density at radius 2 is 1.97 bits per heavy atom. The Labute approximate surface area is 220 Å². The van der Waals surface area contributed by atoms with Gasteiger partial charge in [-0.05, 0) is 66.6 Å². The van der Waals surface area contributed by atoms with Crippen molar-refractivity contribution >= 4 is 23.5 Å². The maximum atomic E-state index is 13.9. The van der Waals surface area contributed by atoms with Crippen molar-refractivity contribution in [1.82, 2.24) is 14.3 Å². The molecule has 1 aromatic carbocycles. The van der Waals surface area contributed by atoms with E-state index in [0.717, 1.165) is 23.7 Å². The van der Waals surface area contributed by atoms with E-state index < -0.39 is 11.6 Å². The van der Waals surface area contributed by atoms with Crippen LogP contribution in [-0.4, -0.2) is 33.3 Å². The third kappa shape index (κ3) is 6.90. The first kappa shape index (κ1) is 26.7. The number of hydrogen-bond acceptors (Lipinski definition) is 6. The number of nitrogens with zero attached hydrogens (tertiary/aromatic N) is 5. The van der Waals surface area contributed by atoms with Gasteiger partial charge in [0.25, 0.3) is 0 Å². The molecule has 0 radical (unpaired) electrons. The number of anilines is 1. The van der Waals surface area contributed by atoms with Gasteiger partial charge < -0.3 is 4.90 Å². The van der Waals surface area contributed by atoms with E-state index in [1.165, 1.54) is 43.7 Å².